The first-order chi connectivity index (χ1) is 8.39. The summed E-state index contributed by atoms with van der Waals surface area (Å²) in [5, 5.41) is 8.58. The first-order valence-corrected chi connectivity index (χ1v) is 6.94. The van der Waals surface area contributed by atoms with Gasteiger partial charge >= 0.3 is 0 Å². The van der Waals surface area contributed by atoms with Crippen molar-refractivity contribution in [1.82, 2.24) is 9.29 Å². The second-order valence-electron chi connectivity index (χ2n) is 4.03. The highest BCUT2D eigenvalue weighted by Gasteiger charge is 2.26. The van der Waals surface area contributed by atoms with Crippen LogP contribution in [0.1, 0.15) is 20.3 Å². The van der Waals surface area contributed by atoms with E-state index in [0.717, 1.165) is 0 Å². The molecule has 98 valence electrons. The number of rotatable bonds is 5. The Morgan fingerprint density at radius 1 is 1.56 bits per heavy atom. The fourth-order valence-electron chi connectivity index (χ4n) is 1.54. The highest BCUT2D eigenvalue weighted by Crippen LogP contribution is 2.19. The summed E-state index contributed by atoms with van der Waals surface area (Å²) in [6.07, 6.45) is 1.50. The average Bonchev–Trinajstić information content (AvgIpc) is 2.28. The maximum atomic E-state index is 12.4. The van der Waals surface area contributed by atoms with Crippen LogP contribution in [0.5, 0.6) is 0 Å². The van der Waals surface area contributed by atoms with Gasteiger partial charge in [0.1, 0.15) is 5.82 Å². The molecule has 0 saturated heterocycles. The summed E-state index contributed by atoms with van der Waals surface area (Å²) in [6, 6.07) is 4.43. The Kier molecular flexibility index (Phi) is 4.64. The van der Waals surface area contributed by atoms with Crippen LogP contribution in [0, 0.1) is 11.3 Å². The summed E-state index contributed by atoms with van der Waals surface area (Å²) in [5.74, 6) is 0.153. The minimum Gasteiger partial charge on any atom is -0.384 e. The van der Waals surface area contributed by atoms with Crippen LogP contribution in [-0.2, 0) is 10.0 Å². The van der Waals surface area contributed by atoms with E-state index in [1.165, 1.54) is 22.6 Å². The summed E-state index contributed by atoms with van der Waals surface area (Å²) in [5.41, 5.74) is 5.49. The van der Waals surface area contributed by atoms with E-state index < -0.39 is 10.0 Å². The number of hydrogen-bond acceptors (Lipinski definition) is 5. The third kappa shape index (κ3) is 3.18. The van der Waals surface area contributed by atoms with Crippen LogP contribution >= 0.6 is 0 Å². The zero-order chi connectivity index (χ0) is 13.8. The second kappa shape index (κ2) is 5.80. The molecule has 0 aliphatic rings. The van der Waals surface area contributed by atoms with Gasteiger partial charge in [0.05, 0.1) is 11.0 Å². The highest BCUT2D eigenvalue weighted by atomic mass is 32.2. The van der Waals surface area contributed by atoms with E-state index >= 15 is 0 Å². The van der Waals surface area contributed by atoms with Gasteiger partial charge in [0, 0.05) is 31.3 Å². The monoisotopic (exact) mass is 268 g/mol. The van der Waals surface area contributed by atoms with E-state index in [1.54, 1.807) is 13.8 Å². The number of sulfonamides is 1. The molecule has 0 amide bonds. The Labute approximate surface area is 107 Å². The molecular weight excluding hydrogens is 252 g/mol. The Morgan fingerprint density at radius 3 is 2.72 bits per heavy atom. The summed E-state index contributed by atoms with van der Waals surface area (Å²) in [7, 11) is -3.63. The topological polar surface area (TPSA) is 100 Å². The molecule has 0 aliphatic heterocycles. The predicted molar refractivity (Wildman–Crippen MR) is 67.9 cm³/mol. The molecule has 1 aromatic heterocycles. The van der Waals surface area contributed by atoms with Gasteiger partial charge in [-0.05, 0) is 19.9 Å². The van der Waals surface area contributed by atoms with Gasteiger partial charge in [-0.3, -0.25) is 0 Å². The maximum Gasteiger partial charge on any atom is 0.243 e. The van der Waals surface area contributed by atoms with Gasteiger partial charge in [0.2, 0.25) is 10.0 Å². The number of nitrogen functional groups attached to an aromatic ring is 1. The van der Waals surface area contributed by atoms with E-state index in [9.17, 15) is 8.42 Å². The normalized spacial score (nSPS) is 11.7. The molecule has 0 radical (unpaired) electrons. The Hall–Kier alpha value is -1.65. The highest BCUT2D eigenvalue weighted by molar-refractivity contribution is 7.89. The van der Waals surface area contributed by atoms with Crippen molar-refractivity contribution < 1.29 is 8.42 Å². The van der Waals surface area contributed by atoms with E-state index in [0.29, 0.717) is 0 Å². The van der Waals surface area contributed by atoms with Gasteiger partial charge in [-0.1, -0.05) is 0 Å². The average molecular weight is 268 g/mol. The van der Waals surface area contributed by atoms with Crippen molar-refractivity contribution in [3.63, 3.8) is 0 Å². The molecule has 1 aromatic rings. The van der Waals surface area contributed by atoms with Crippen LogP contribution < -0.4 is 5.73 Å². The fraction of sp³-hybridized carbons (Fsp3) is 0.455. The Morgan fingerprint density at radius 2 is 2.22 bits per heavy atom. The summed E-state index contributed by atoms with van der Waals surface area (Å²) < 4.78 is 26.0. The van der Waals surface area contributed by atoms with Crippen LogP contribution in [0.3, 0.4) is 0 Å². The van der Waals surface area contributed by atoms with Gasteiger partial charge in [0.15, 0.2) is 0 Å². The lowest BCUT2D eigenvalue weighted by atomic mass is 10.3. The van der Waals surface area contributed by atoms with Crippen molar-refractivity contribution in [1.29, 1.82) is 5.26 Å². The van der Waals surface area contributed by atoms with Gasteiger partial charge < -0.3 is 5.73 Å². The predicted octanol–water partition coefficient (Wildman–Crippen LogP) is 0.977. The molecule has 6 nitrogen and oxygen atoms in total. The molecule has 0 atom stereocenters. The fourth-order valence-corrected chi connectivity index (χ4v) is 3.20. The second-order valence-corrected chi connectivity index (χ2v) is 5.92. The minimum atomic E-state index is -3.63. The number of anilines is 1. The first-order valence-electron chi connectivity index (χ1n) is 5.50. The smallest absolute Gasteiger partial charge is 0.243 e. The van der Waals surface area contributed by atoms with Crippen LogP contribution in [0.4, 0.5) is 5.82 Å². The number of nitrogens with zero attached hydrogens (tertiary/aromatic N) is 3. The van der Waals surface area contributed by atoms with Crippen molar-refractivity contribution in [2.75, 3.05) is 12.3 Å². The lowest BCUT2D eigenvalue weighted by molar-refractivity contribution is 0.360. The van der Waals surface area contributed by atoms with E-state index in [2.05, 4.69) is 4.98 Å². The molecule has 0 aromatic carbocycles. The quantitative estimate of drug-likeness (QED) is 0.857. The standard InChI is InChI=1S/C11H16N4O2S/c1-9(2)15(7-3-5-12)18(16,17)10-4-6-14-11(13)8-10/h4,6,8-9H,3,7H2,1-2H3,(H2,13,14). The number of nitrogens with two attached hydrogens (primary N) is 1. The molecule has 1 heterocycles. The van der Waals surface area contributed by atoms with E-state index in [4.69, 9.17) is 11.0 Å². The lowest BCUT2D eigenvalue weighted by Crippen LogP contribution is -2.37. The van der Waals surface area contributed by atoms with Crippen LogP contribution in [0.2, 0.25) is 0 Å². The summed E-state index contributed by atoms with van der Waals surface area (Å²) >= 11 is 0. The molecule has 0 spiro atoms. The molecule has 7 heteroatoms. The van der Waals surface area contributed by atoms with E-state index in [1.807, 2.05) is 6.07 Å². The molecular formula is C11H16N4O2S. The molecule has 0 saturated carbocycles. The number of pyridine rings is 1. The third-order valence-electron chi connectivity index (χ3n) is 2.38. The van der Waals surface area contributed by atoms with Crippen LogP contribution in [-0.4, -0.2) is 30.3 Å². The van der Waals surface area contributed by atoms with Crippen LogP contribution in [0.25, 0.3) is 0 Å². The number of nitriles is 1. The lowest BCUT2D eigenvalue weighted by Gasteiger charge is -2.24. The first kappa shape index (κ1) is 14.4. The van der Waals surface area contributed by atoms with Crippen molar-refractivity contribution in [2.24, 2.45) is 0 Å². The summed E-state index contributed by atoms with van der Waals surface area (Å²) in [6.45, 7) is 3.69. The number of aromatic nitrogens is 1. The maximum absolute atomic E-state index is 12.4. The van der Waals surface area contributed by atoms with Gasteiger partial charge in [0.25, 0.3) is 0 Å². The van der Waals surface area contributed by atoms with Gasteiger partial charge in [-0.15, -0.1) is 0 Å². The van der Waals surface area contributed by atoms with Crippen molar-refractivity contribution >= 4 is 15.8 Å². The number of hydrogen-bond donors (Lipinski definition) is 1. The molecule has 1 rings (SSSR count). The van der Waals surface area contributed by atoms with E-state index in [-0.39, 0.29) is 29.7 Å². The molecule has 0 fully saturated rings. The largest absolute Gasteiger partial charge is 0.384 e. The zero-order valence-electron chi connectivity index (χ0n) is 10.4. The molecule has 18 heavy (non-hydrogen) atoms. The Balaban J connectivity index is 3.14. The molecule has 0 aliphatic carbocycles. The zero-order valence-corrected chi connectivity index (χ0v) is 11.2. The van der Waals surface area contributed by atoms with Crippen molar-refractivity contribution in [2.45, 2.75) is 31.2 Å². The Bertz CT molecular complexity index is 548. The molecule has 0 unspecified atom stereocenters. The minimum absolute atomic E-state index is 0.0987. The van der Waals surface area contributed by atoms with Gasteiger partial charge in [-0.2, -0.15) is 9.57 Å². The third-order valence-corrected chi connectivity index (χ3v) is 4.45. The molecule has 0 bridgehead atoms. The molecule has 2 N–H and O–H groups in total. The van der Waals surface area contributed by atoms with Gasteiger partial charge in [-0.25, -0.2) is 13.4 Å². The van der Waals surface area contributed by atoms with Crippen LogP contribution in [0.15, 0.2) is 23.2 Å². The summed E-state index contributed by atoms with van der Waals surface area (Å²) in [4.78, 5) is 3.86. The van der Waals surface area contributed by atoms with Crippen molar-refractivity contribution in [3.8, 4) is 6.07 Å². The van der Waals surface area contributed by atoms with Crippen molar-refractivity contribution in [3.05, 3.63) is 18.3 Å². The SMILES string of the molecule is CC(C)N(CCC#N)S(=O)(=O)c1ccnc(N)c1.